The lowest BCUT2D eigenvalue weighted by atomic mass is 10.2. The van der Waals surface area contributed by atoms with Crippen LogP contribution in [0.15, 0.2) is 6.33 Å². The van der Waals surface area contributed by atoms with Gasteiger partial charge >= 0.3 is 0 Å². The Balaban J connectivity index is 2.44. The number of rotatable bonds is 9. The highest BCUT2D eigenvalue weighted by Crippen LogP contribution is 2.26. The fraction of sp³-hybridized carbons (Fsp3) is 0.692. The molecule has 0 atom stereocenters. The van der Waals surface area contributed by atoms with E-state index >= 15 is 0 Å². The molecule has 0 aliphatic rings. The van der Waals surface area contributed by atoms with Crippen molar-refractivity contribution in [3.8, 4) is 11.8 Å². The molecule has 0 saturated carbocycles. The molecule has 1 aromatic heterocycles. The fourth-order valence-corrected chi connectivity index (χ4v) is 1.49. The maximum Gasteiger partial charge on any atom is 0.244 e. The van der Waals surface area contributed by atoms with Crippen LogP contribution < -0.4 is 15.2 Å². The Kier molecular flexibility index (Phi) is 6.91. The predicted molar refractivity (Wildman–Crippen MR) is 71.9 cm³/mol. The van der Waals surface area contributed by atoms with E-state index in [-0.39, 0.29) is 0 Å². The molecule has 1 heterocycles. The molecule has 0 radical (unpaired) electrons. The maximum absolute atomic E-state index is 5.89. The average Bonchev–Trinajstić information content (AvgIpc) is 2.39. The molecular formula is C13H23N3O2. The zero-order valence-corrected chi connectivity index (χ0v) is 11.3. The minimum atomic E-state index is 0.390. The third-order valence-corrected chi connectivity index (χ3v) is 2.49. The van der Waals surface area contributed by atoms with Gasteiger partial charge in [-0.05, 0) is 12.8 Å². The zero-order chi connectivity index (χ0) is 13.2. The van der Waals surface area contributed by atoms with Crippen LogP contribution in [0.25, 0.3) is 0 Å². The normalized spacial score (nSPS) is 10.3. The second-order valence-corrected chi connectivity index (χ2v) is 4.16. The topological polar surface area (TPSA) is 70.3 Å². The summed E-state index contributed by atoms with van der Waals surface area (Å²) >= 11 is 0. The second-order valence-electron chi connectivity index (χ2n) is 4.16. The first-order valence-corrected chi connectivity index (χ1v) is 6.65. The van der Waals surface area contributed by atoms with Crippen molar-refractivity contribution in [3.63, 3.8) is 0 Å². The van der Waals surface area contributed by atoms with Crippen LogP contribution in [0, 0.1) is 0 Å². The van der Waals surface area contributed by atoms with Crippen molar-refractivity contribution in [1.29, 1.82) is 0 Å². The Labute approximate surface area is 109 Å². The summed E-state index contributed by atoms with van der Waals surface area (Å²) in [5, 5.41) is 0. The molecule has 18 heavy (non-hydrogen) atoms. The minimum Gasteiger partial charge on any atom is -0.476 e. The lowest BCUT2D eigenvalue weighted by Crippen LogP contribution is -2.06. The minimum absolute atomic E-state index is 0.390. The average molecular weight is 253 g/mol. The molecule has 2 N–H and O–H groups in total. The van der Waals surface area contributed by atoms with Crippen LogP contribution in [-0.4, -0.2) is 23.2 Å². The highest BCUT2D eigenvalue weighted by Gasteiger charge is 2.09. The van der Waals surface area contributed by atoms with Gasteiger partial charge in [-0.2, -0.15) is 9.97 Å². The van der Waals surface area contributed by atoms with E-state index in [2.05, 4.69) is 16.9 Å². The van der Waals surface area contributed by atoms with E-state index in [0.29, 0.717) is 30.7 Å². The van der Waals surface area contributed by atoms with Crippen molar-refractivity contribution in [1.82, 2.24) is 9.97 Å². The van der Waals surface area contributed by atoms with Crippen LogP contribution in [0.4, 0.5) is 5.69 Å². The summed E-state index contributed by atoms with van der Waals surface area (Å²) in [6.07, 6.45) is 6.96. The number of nitrogen functional groups attached to an aromatic ring is 1. The van der Waals surface area contributed by atoms with Gasteiger partial charge in [0, 0.05) is 0 Å². The summed E-state index contributed by atoms with van der Waals surface area (Å²) in [4.78, 5) is 8.02. The third kappa shape index (κ3) is 4.77. The summed E-state index contributed by atoms with van der Waals surface area (Å²) < 4.78 is 11.0. The van der Waals surface area contributed by atoms with Gasteiger partial charge in [-0.3, -0.25) is 0 Å². The van der Waals surface area contributed by atoms with E-state index in [1.165, 1.54) is 25.6 Å². The Bertz CT molecular complexity index is 345. The SMILES string of the molecule is CCCCCCOc1ncnc(OCCC)c1N. The molecule has 102 valence electrons. The first-order valence-electron chi connectivity index (χ1n) is 6.65. The Hall–Kier alpha value is -1.52. The van der Waals surface area contributed by atoms with E-state index in [9.17, 15) is 0 Å². The van der Waals surface area contributed by atoms with Crippen molar-refractivity contribution in [3.05, 3.63) is 6.33 Å². The summed E-state index contributed by atoms with van der Waals surface area (Å²) in [6, 6.07) is 0. The molecule has 0 amide bonds. The summed E-state index contributed by atoms with van der Waals surface area (Å²) in [5.41, 5.74) is 6.28. The molecule has 0 unspecified atom stereocenters. The molecular weight excluding hydrogens is 230 g/mol. The van der Waals surface area contributed by atoms with Crippen molar-refractivity contribution in [2.75, 3.05) is 18.9 Å². The lowest BCUT2D eigenvalue weighted by Gasteiger charge is -2.10. The van der Waals surface area contributed by atoms with E-state index in [1.807, 2.05) is 6.92 Å². The van der Waals surface area contributed by atoms with E-state index in [4.69, 9.17) is 15.2 Å². The van der Waals surface area contributed by atoms with E-state index < -0.39 is 0 Å². The largest absolute Gasteiger partial charge is 0.476 e. The molecule has 1 rings (SSSR count). The van der Waals surface area contributed by atoms with Gasteiger partial charge in [-0.25, -0.2) is 0 Å². The third-order valence-electron chi connectivity index (χ3n) is 2.49. The molecule has 0 saturated heterocycles. The molecule has 5 heteroatoms. The summed E-state index contributed by atoms with van der Waals surface area (Å²) in [5.74, 6) is 0.836. The van der Waals surface area contributed by atoms with E-state index in [1.54, 1.807) is 0 Å². The van der Waals surface area contributed by atoms with Crippen LogP contribution in [0.2, 0.25) is 0 Å². The molecule has 0 bridgehead atoms. The Morgan fingerprint density at radius 1 is 0.944 bits per heavy atom. The van der Waals surface area contributed by atoms with Crippen molar-refractivity contribution in [2.24, 2.45) is 0 Å². The first kappa shape index (κ1) is 14.5. The number of ether oxygens (including phenoxy) is 2. The maximum atomic E-state index is 5.89. The van der Waals surface area contributed by atoms with Crippen LogP contribution >= 0.6 is 0 Å². The van der Waals surface area contributed by atoms with E-state index in [0.717, 1.165) is 12.8 Å². The second kappa shape index (κ2) is 8.55. The van der Waals surface area contributed by atoms with Crippen LogP contribution in [0.3, 0.4) is 0 Å². The van der Waals surface area contributed by atoms with Crippen LogP contribution in [0.1, 0.15) is 46.0 Å². The van der Waals surface area contributed by atoms with Crippen molar-refractivity contribution < 1.29 is 9.47 Å². The van der Waals surface area contributed by atoms with Gasteiger partial charge in [0.05, 0.1) is 13.2 Å². The molecule has 0 spiro atoms. The van der Waals surface area contributed by atoms with Gasteiger partial charge in [0.1, 0.15) is 6.33 Å². The molecule has 0 aromatic carbocycles. The van der Waals surface area contributed by atoms with Gasteiger partial charge in [0.15, 0.2) is 5.69 Å². The standard InChI is InChI=1S/C13H23N3O2/c1-3-5-6-7-9-18-13-11(14)12(15-10-16-13)17-8-4-2/h10H,3-9,14H2,1-2H3. The highest BCUT2D eigenvalue weighted by molar-refractivity contribution is 5.55. The van der Waals surface area contributed by atoms with Gasteiger partial charge in [0.25, 0.3) is 0 Å². The van der Waals surface area contributed by atoms with Crippen molar-refractivity contribution >= 4 is 5.69 Å². The van der Waals surface area contributed by atoms with Crippen molar-refractivity contribution in [2.45, 2.75) is 46.0 Å². The number of unbranched alkanes of at least 4 members (excludes halogenated alkanes) is 3. The number of nitrogens with zero attached hydrogens (tertiary/aromatic N) is 2. The predicted octanol–water partition coefficient (Wildman–Crippen LogP) is 2.81. The smallest absolute Gasteiger partial charge is 0.244 e. The Morgan fingerprint density at radius 3 is 2.22 bits per heavy atom. The first-order chi connectivity index (χ1) is 8.79. The molecule has 0 aliphatic carbocycles. The zero-order valence-electron chi connectivity index (χ0n) is 11.3. The Morgan fingerprint density at radius 2 is 1.61 bits per heavy atom. The quantitative estimate of drug-likeness (QED) is 0.685. The molecule has 5 nitrogen and oxygen atoms in total. The highest BCUT2D eigenvalue weighted by atomic mass is 16.5. The summed E-state index contributed by atoms with van der Waals surface area (Å²) in [6.45, 7) is 5.44. The molecule has 0 aliphatic heterocycles. The van der Waals surface area contributed by atoms with Gasteiger partial charge in [-0.15, -0.1) is 0 Å². The lowest BCUT2D eigenvalue weighted by molar-refractivity contribution is 0.283. The van der Waals surface area contributed by atoms with Crippen LogP contribution in [-0.2, 0) is 0 Å². The number of hydrogen-bond acceptors (Lipinski definition) is 5. The summed E-state index contributed by atoms with van der Waals surface area (Å²) in [7, 11) is 0. The molecule has 0 fully saturated rings. The number of nitrogens with two attached hydrogens (primary N) is 1. The fourth-order valence-electron chi connectivity index (χ4n) is 1.49. The number of aromatic nitrogens is 2. The number of anilines is 1. The van der Waals surface area contributed by atoms with Gasteiger partial charge < -0.3 is 15.2 Å². The van der Waals surface area contributed by atoms with Gasteiger partial charge in [-0.1, -0.05) is 33.1 Å². The van der Waals surface area contributed by atoms with Crippen LogP contribution in [0.5, 0.6) is 11.8 Å². The molecule has 1 aromatic rings. The van der Waals surface area contributed by atoms with Gasteiger partial charge in [0.2, 0.25) is 11.8 Å². The monoisotopic (exact) mass is 253 g/mol. The number of hydrogen-bond donors (Lipinski definition) is 1.